The Balaban J connectivity index is 2.39. The number of anilines is 1. The molecule has 0 fully saturated rings. The minimum Gasteiger partial charge on any atom is -0.321 e. The highest BCUT2D eigenvalue weighted by atomic mass is 35.5. The average Bonchev–Trinajstić information content (AvgIpc) is 2.62. The van der Waals surface area contributed by atoms with Crippen LogP contribution < -0.4 is 5.32 Å². The second-order valence-electron chi connectivity index (χ2n) is 6.29. The molecule has 2 aromatic carbocycles. The summed E-state index contributed by atoms with van der Waals surface area (Å²) in [7, 11) is 0. The third-order valence-corrected chi connectivity index (χ3v) is 5.28. The van der Waals surface area contributed by atoms with Gasteiger partial charge in [0.25, 0.3) is 5.91 Å². The normalized spacial score (nSPS) is 11.7. The lowest BCUT2D eigenvalue weighted by Crippen LogP contribution is -2.15. The average molecular weight is 404 g/mol. The van der Waals surface area contributed by atoms with Crippen molar-refractivity contribution in [3.8, 4) is 11.1 Å². The Labute approximate surface area is 169 Å². The lowest BCUT2D eigenvalue weighted by Gasteiger charge is -2.15. The number of rotatable bonds is 7. The highest BCUT2D eigenvalue weighted by molar-refractivity contribution is 8.07. The summed E-state index contributed by atoms with van der Waals surface area (Å²) in [5.41, 5.74) is 3.20. The maximum atomic E-state index is 13.5. The van der Waals surface area contributed by atoms with Crippen LogP contribution in [0.1, 0.15) is 33.6 Å². The van der Waals surface area contributed by atoms with Crippen molar-refractivity contribution in [1.29, 1.82) is 0 Å². The van der Waals surface area contributed by atoms with Gasteiger partial charge in [0.1, 0.15) is 5.82 Å². The third kappa shape index (κ3) is 5.72. The molecule has 2 rings (SSSR count). The highest BCUT2D eigenvalue weighted by Gasteiger charge is 2.16. The van der Waals surface area contributed by atoms with E-state index in [-0.39, 0.29) is 10.9 Å². The number of nitrogens with one attached hydrogen (secondary N) is 1. The summed E-state index contributed by atoms with van der Waals surface area (Å²) in [6, 6.07) is 11.9. The monoisotopic (exact) mass is 403 g/mol. The number of carbonyl (C=O) groups is 1. The Morgan fingerprint density at radius 3 is 2.56 bits per heavy atom. The van der Waals surface area contributed by atoms with Gasteiger partial charge in [0.2, 0.25) is 0 Å². The van der Waals surface area contributed by atoms with Crippen LogP contribution in [-0.2, 0) is 4.79 Å². The maximum absolute atomic E-state index is 13.5. The zero-order chi connectivity index (χ0) is 20.0. The Kier molecular flexibility index (Phi) is 7.69. The van der Waals surface area contributed by atoms with Crippen molar-refractivity contribution in [1.82, 2.24) is 0 Å². The van der Waals surface area contributed by atoms with Crippen LogP contribution in [0.15, 0.2) is 64.4 Å². The van der Waals surface area contributed by atoms with Crippen molar-refractivity contribution in [2.45, 2.75) is 33.6 Å². The summed E-state index contributed by atoms with van der Waals surface area (Å²) in [6.45, 7) is 9.84. The molecular weight excluding hydrogens is 381 g/mol. The third-order valence-electron chi connectivity index (χ3n) is 3.90. The van der Waals surface area contributed by atoms with Gasteiger partial charge in [-0.05, 0) is 48.9 Å². The number of para-hydroxylation sites is 1. The van der Waals surface area contributed by atoms with E-state index in [1.165, 1.54) is 17.8 Å². The van der Waals surface area contributed by atoms with Gasteiger partial charge in [-0.15, -0.1) is 0 Å². The smallest absolute Gasteiger partial charge is 0.262 e. The van der Waals surface area contributed by atoms with E-state index < -0.39 is 5.82 Å². The van der Waals surface area contributed by atoms with E-state index in [0.29, 0.717) is 10.6 Å². The second-order valence-corrected chi connectivity index (χ2v) is 8.01. The van der Waals surface area contributed by atoms with E-state index in [2.05, 4.69) is 18.8 Å². The second kappa shape index (κ2) is 9.77. The predicted octanol–water partition coefficient (Wildman–Crippen LogP) is 7.43. The summed E-state index contributed by atoms with van der Waals surface area (Å²) < 4.78 is 13.5. The van der Waals surface area contributed by atoms with Crippen molar-refractivity contribution in [2.24, 2.45) is 0 Å². The first-order chi connectivity index (χ1) is 12.8. The lowest BCUT2D eigenvalue weighted by atomic mass is 10.0. The number of amides is 1. The lowest BCUT2D eigenvalue weighted by molar-refractivity contribution is -0.112. The number of thioether (sulfide) groups is 1. The van der Waals surface area contributed by atoms with Gasteiger partial charge in [-0.2, -0.15) is 0 Å². The topological polar surface area (TPSA) is 29.1 Å². The summed E-state index contributed by atoms with van der Waals surface area (Å²) in [5, 5.41) is 3.04. The summed E-state index contributed by atoms with van der Waals surface area (Å²) in [6.07, 6.45) is 1.81. The fourth-order valence-corrected chi connectivity index (χ4v) is 3.63. The Morgan fingerprint density at radius 2 is 1.93 bits per heavy atom. The molecule has 0 unspecified atom stereocenters. The quantitative estimate of drug-likeness (QED) is 0.487. The number of hydrogen-bond acceptors (Lipinski definition) is 2. The van der Waals surface area contributed by atoms with Gasteiger partial charge in [-0.1, -0.05) is 73.1 Å². The van der Waals surface area contributed by atoms with Crippen LogP contribution in [0.4, 0.5) is 10.1 Å². The van der Waals surface area contributed by atoms with Gasteiger partial charge >= 0.3 is 0 Å². The molecule has 142 valence electrons. The molecule has 0 aliphatic carbocycles. The molecule has 1 amide bonds. The molecule has 0 aromatic heterocycles. The van der Waals surface area contributed by atoms with Crippen molar-refractivity contribution in [3.05, 3.63) is 75.3 Å². The molecule has 5 heteroatoms. The molecule has 0 saturated heterocycles. The number of benzene rings is 2. The van der Waals surface area contributed by atoms with Gasteiger partial charge in [-0.25, -0.2) is 4.39 Å². The zero-order valence-corrected chi connectivity index (χ0v) is 17.3. The minimum absolute atomic E-state index is 0.0471. The Morgan fingerprint density at radius 1 is 1.22 bits per heavy atom. The van der Waals surface area contributed by atoms with Crippen LogP contribution in [0.2, 0.25) is 5.02 Å². The van der Waals surface area contributed by atoms with Gasteiger partial charge in [0.15, 0.2) is 0 Å². The maximum Gasteiger partial charge on any atom is 0.262 e. The molecule has 0 spiro atoms. The summed E-state index contributed by atoms with van der Waals surface area (Å²) in [4.78, 5) is 14.5. The molecule has 0 saturated carbocycles. The van der Waals surface area contributed by atoms with Crippen molar-refractivity contribution < 1.29 is 9.18 Å². The first-order valence-electron chi connectivity index (χ1n) is 8.72. The SMILES string of the molecule is C=C(C)S/C(C(=O)Nc1ccccc1-c1ccc(F)c(Cl)c1)=C(\C)CCC. The van der Waals surface area contributed by atoms with Crippen LogP contribution in [0.25, 0.3) is 11.1 Å². The molecule has 27 heavy (non-hydrogen) atoms. The fourth-order valence-electron chi connectivity index (χ4n) is 2.68. The standard InChI is InChI=1S/C22H23ClFNOS/c1-5-8-15(4)21(27-14(2)3)22(26)25-20-10-7-6-9-17(20)16-11-12-19(24)18(23)13-16/h6-7,9-13H,2,5,8H2,1,3-4H3,(H,25,26)/b21-15+. The van der Waals surface area contributed by atoms with Crippen LogP contribution in [0, 0.1) is 5.82 Å². The first kappa shape index (κ1) is 21.3. The van der Waals surface area contributed by atoms with Crippen molar-refractivity contribution >= 4 is 35.0 Å². The molecule has 0 atom stereocenters. The van der Waals surface area contributed by atoms with Crippen LogP contribution >= 0.6 is 23.4 Å². The van der Waals surface area contributed by atoms with E-state index in [9.17, 15) is 9.18 Å². The Hall–Kier alpha value is -2.04. The van der Waals surface area contributed by atoms with E-state index in [1.807, 2.05) is 38.1 Å². The number of halogens is 2. The van der Waals surface area contributed by atoms with Crippen LogP contribution in [-0.4, -0.2) is 5.91 Å². The fraction of sp³-hybridized carbons (Fsp3) is 0.227. The number of allylic oxidation sites excluding steroid dienone is 2. The largest absolute Gasteiger partial charge is 0.321 e. The molecule has 0 bridgehead atoms. The molecule has 2 aromatic rings. The highest BCUT2D eigenvalue weighted by Crippen LogP contribution is 2.33. The van der Waals surface area contributed by atoms with Gasteiger partial charge in [-0.3, -0.25) is 4.79 Å². The van der Waals surface area contributed by atoms with Gasteiger partial charge in [0.05, 0.1) is 9.93 Å². The molecular formula is C22H23ClFNOS. The van der Waals surface area contributed by atoms with Gasteiger partial charge < -0.3 is 5.32 Å². The zero-order valence-electron chi connectivity index (χ0n) is 15.7. The van der Waals surface area contributed by atoms with Crippen molar-refractivity contribution in [3.63, 3.8) is 0 Å². The van der Waals surface area contributed by atoms with E-state index in [0.717, 1.165) is 34.4 Å². The van der Waals surface area contributed by atoms with E-state index in [1.54, 1.807) is 12.1 Å². The van der Waals surface area contributed by atoms with Crippen LogP contribution in [0.3, 0.4) is 0 Å². The van der Waals surface area contributed by atoms with Gasteiger partial charge in [0, 0.05) is 11.3 Å². The summed E-state index contributed by atoms with van der Waals surface area (Å²) in [5.74, 6) is -0.644. The molecule has 0 aliphatic rings. The Bertz CT molecular complexity index is 892. The van der Waals surface area contributed by atoms with Crippen LogP contribution in [0.5, 0.6) is 0 Å². The molecule has 0 radical (unpaired) electrons. The molecule has 1 N–H and O–H groups in total. The number of carbonyl (C=O) groups excluding carboxylic acids is 1. The van der Waals surface area contributed by atoms with Crippen molar-refractivity contribution in [2.75, 3.05) is 5.32 Å². The molecule has 2 nitrogen and oxygen atoms in total. The molecule has 0 aliphatic heterocycles. The minimum atomic E-state index is -0.472. The summed E-state index contributed by atoms with van der Waals surface area (Å²) >= 11 is 7.31. The molecule has 0 heterocycles. The van der Waals surface area contributed by atoms with E-state index >= 15 is 0 Å². The predicted molar refractivity (Wildman–Crippen MR) is 115 cm³/mol. The first-order valence-corrected chi connectivity index (χ1v) is 9.91. The van der Waals surface area contributed by atoms with E-state index in [4.69, 9.17) is 11.6 Å². The number of hydrogen-bond donors (Lipinski definition) is 1.